The third-order valence-corrected chi connectivity index (χ3v) is 2.02. The van der Waals surface area contributed by atoms with Crippen molar-refractivity contribution in [2.24, 2.45) is 5.73 Å². The fourth-order valence-electron chi connectivity index (χ4n) is 1.25. The van der Waals surface area contributed by atoms with Crippen molar-refractivity contribution in [1.29, 1.82) is 0 Å². The zero-order chi connectivity index (χ0) is 9.23. The van der Waals surface area contributed by atoms with Gasteiger partial charge in [-0.25, -0.2) is 0 Å². The molecule has 0 aromatic heterocycles. The van der Waals surface area contributed by atoms with Crippen molar-refractivity contribution in [3.8, 4) is 0 Å². The summed E-state index contributed by atoms with van der Waals surface area (Å²) in [5.41, 5.74) is 6.48. The summed E-state index contributed by atoms with van der Waals surface area (Å²) in [6.45, 7) is 4.21. The molecule has 0 fully saturated rings. The van der Waals surface area contributed by atoms with Crippen LogP contribution in [0.4, 0.5) is 0 Å². The Bertz CT molecular complexity index is 112. The Morgan fingerprint density at radius 1 is 1.08 bits per heavy atom. The number of unbranched alkanes of at least 4 members (excludes halogenated alkanes) is 6. The van der Waals surface area contributed by atoms with Crippen molar-refractivity contribution in [1.82, 2.24) is 0 Å². The van der Waals surface area contributed by atoms with Gasteiger partial charge in [-0.05, 0) is 19.8 Å². The summed E-state index contributed by atoms with van der Waals surface area (Å²) < 4.78 is 0. The third kappa shape index (κ3) is 9.54. The molecule has 12 heavy (non-hydrogen) atoms. The summed E-state index contributed by atoms with van der Waals surface area (Å²) in [6.07, 6.45) is 11.5. The van der Waals surface area contributed by atoms with E-state index in [0.29, 0.717) is 0 Å². The Kier molecular flexibility index (Phi) is 8.30. The smallest absolute Gasteiger partial charge is 0.000832 e. The summed E-state index contributed by atoms with van der Waals surface area (Å²) in [4.78, 5) is 0. The minimum absolute atomic E-state index is 0.962. The maximum Gasteiger partial charge on any atom is 0.000832 e. The molecule has 72 valence electrons. The molecule has 1 nitrogen and oxygen atoms in total. The van der Waals surface area contributed by atoms with Crippen molar-refractivity contribution in [2.75, 3.05) is 0 Å². The summed E-state index contributed by atoms with van der Waals surface area (Å²) >= 11 is 0. The van der Waals surface area contributed by atoms with Crippen LogP contribution in [0.15, 0.2) is 11.8 Å². The Hall–Kier alpha value is -0.460. The predicted molar refractivity (Wildman–Crippen MR) is 55.9 cm³/mol. The molecule has 0 aliphatic carbocycles. The van der Waals surface area contributed by atoms with Crippen LogP contribution in [0.3, 0.4) is 0 Å². The van der Waals surface area contributed by atoms with Crippen molar-refractivity contribution in [3.63, 3.8) is 0 Å². The van der Waals surface area contributed by atoms with Gasteiger partial charge in [-0.3, -0.25) is 0 Å². The lowest BCUT2D eigenvalue weighted by atomic mass is 10.1. The van der Waals surface area contributed by atoms with Gasteiger partial charge in [0.2, 0.25) is 0 Å². The van der Waals surface area contributed by atoms with E-state index in [2.05, 4.69) is 13.0 Å². The summed E-state index contributed by atoms with van der Waals surface area (Å²) in [5.74, 6) is 0. The van der Waals surface area contributed by atoms with E-state index in [1.165, 1.54) is 38.5 Å². The molecular formula is C11H23N. The molecule has 0 aromatic rings. The molecule has 0 atom stereocenters. The van der Waals surface area contributed by atoms with Crippen molar-refractivity contribution >= 4 is 0 Å². The first-order valence-electron chi connectivity index (χ1n) is 5.19. The van der Waals surface area contributed by atoms with E-state index in [1.807, 2.05) is 6.92 Å². The van der Waals surface area contributed by atoms with Gasteiger partial charge in [0.05, 0.1) is 0 Å². The Labute approximate surface area is 77.0 Å². The van der Waals surface area contributed by atoms with Crippen LogP contribution in [0, 0.1) is 0 Å². The van der Waals surface area contributed by atoms with Crippen LogP contribution in [0.2, 0.25) is 0 Å². The number of hydrogen-bond donors (Lipinski definition) is 1. The Balaban J connectivity index is 2.96. The zero-order valence-electron chi connectivity index (χ0n) is 8.60. The van der Waals surface area contributed by atoms with E-state index in [9.17, 15) is 0 Å². The Morgan fingerprint density at radius 2 is 1.67 bits per heavy atom. The van der Waals surface area contributed by atoms with Crippen LogP contribution in [-0.2, 0) is 0 Å². The first kappa shape index (κ1) is 11.5. The van der Waals surface area contributed by atoms with Crippen LogP contribution < -0.4 is 5.73 Å². The van der Waals surface area contributed by atoms with Gasteiger partial charge < -0.3 is 5.73 Å². The van der Waals surface area contributed by atoms with Crippen molar-refractivity contribution in [3.05, 3.63) is 11.8 Å². The van der Waals surface area contributed by atoms with Gasteiger partial charge in [0, 0.05) is 5.70 Å². The quantitative estimate of drug-likeness (QED) is 0.579. The third-order valence-electron chi connectivity index (χ3n) is 2.02. The van der Waals surface area contributed by atoms with Crippen LogP contribution in [0.5, 0.6) is 0 Å². The van der Waals surface area contributed by atoms with Gasteiger partial charge in [-0.1, -0.05) is 45.1 Å². The average Bonchev–Trinajstić information content (AvgIpc) is 2.02. The molecular weight excluding hydrogens is 146 g/mol. The Morgan fingerprint density at radius 3 is 2.25 bits per heavy atom. The second-order valence-electron chi connectivity index (χ2n) is 3.50. The minimum atomic E-state index is 0.962. The van der Waals surface area contributed by atoms with Gasteiger partial charge in [0.1, 0.15) is 0 Å². The van der Waals surface area contributed by atoms with Crippen LogP contribution in [0.1, 0.15) is 58.8 Å². The van der Waals surface area contributed by atoms with Crippen LogP contribution in [0.25, 0.3) is 0 Å². The molecule has 0 unspecified atom stereocenters. The summed E-state index contributed by atoms with van der Waals surface area (Å²) in [5, 5.41) is 0. The molecule has 0 saturated heterocycles. The number of allylic oxidation sites excluding steroid dienone is 2. The first-order chi connectivity index (χ1) is 5.77. The fourth-order valence-corrected chi connectivity index (χ4v) is 1.25. The normalized spacial score (nSPS) is 12.0. The maximum absolute atomic E-state index is 5.52. The number of nitrogens with two attached hydrogens (primary N) is 1. The molecule has 0 amide bonds. The zero-order valence-corrected chi connectivity index (χ0v) is 8.60. The van der Waals surface area contributed by atoms with Gasteiger partial charge >= 0.3 is 0 Å². The number of rotatable bonds is 7. The highest BCUT2D eigenvalue weighted by Gasteiger charge is 1.88. The highest BCUT2D eigenvalue weighted by Crippen LogP contribution is 2.07. The second kappa shape index (κ2) is 8.63. The SMILES string of the molecule is CCCCCCCCC=C(C)N. The van der Waals surface area contributed by atoms with E-state index in [-0.39, 0.29) is 0 Å². The van der Waals surface area contributed by atoms with Gasteiger partial charge in [-0.15, -0.1) is 0 Å². The molecule has 0 aromatic carbocycles. The molecule has 1 heteroatoms. The van der Waals surface area contributed by atoms with E-state index < -0.39 is 0 Å². The highest BCUT2D eigenvalue weighted by atomic mass is 14.5. The lowest BCUT2D eigenvalue weighted by Gasteiger charge is -1.97. The van der Waals surface area contributed by atoms with Crippen LogP contribution in [-0.4, -0.2) is 0 Å². The van der Waals surface area contributed by atoms with E-state index in [4.69, 9.17) is 5.73 Å². The predicted octanol–water partition coefficient (Wildman–Crippen LogP) is 3.60. The molecule has 0 aliphatic rings. The molecule has 0 rings (SSSR count). The second-order valence-corrected chi connectivity index (χ2v) is 3.50. The van der Waals surface area contributed by atoms with Crippen LogP contribution >= 0.6 is 0 Å². The first-order valence-corrected chi connectivity index (χ1v) is 5.19. The number of hydrogen-bond acceptors (Lipinski definition) is 1. The molecule has 0 aliphatic heterocycles. The molecule has 0 radical (unpaired) electrons. The minimum Gasteiger partial charge on any atom is -0.403 e. The van der Waals surface area contributed by atoms with Gasteiger partial charge in [0.15, 0.2) is 0 Å². The van der Waals surface area contributed by atoms with Crippen molar-refractivity contribution in [2.45, 2.75) is 58.8 Å². The highest BCUT2D eigenvalue weighted by molar-refractivity contribution is 4.90. The molecule has 0 heterocycles. The lowest BCUT2D eigenvalue weighted by molar-refractivity contribution is 0.610. The standard InChI is InChI=1S/C11H23N/c1-3-4-5-6-7-8-9-10-11(2)12/h10H,3-9,12H2,1-2H3. The molecule has 0 spiro atoms. The summed E-state index contributed by atoms with van der Waals surface area (Å²) in [6, 6.07) is 0. The largest absolute Gasteiger partial charge is 0.403 e. The summed E-state index contributed by atoms with van der Waals surface area (Å²) in [7, 11) is 0. The average molecular weight is 169 g/mol. The van der Waals surface area contributed by atoms with Gasteiger partial charge in [0.25, 0.3) is 0 Å². The maximum atomic E-state index is 5.52. The molecule has 0 saturated carbocycles. The van der Waals surface area contributed by atoms with Gasteiger partial charge in [-0.2, -0.15) is 0 Å². The molecule has 2 N–H and O–H groups in total. The fraction of sp³-hybridized carbons (Fsp3) is 0.818. The topological polar surface area (TPSA) is 26.0 Å². The van der Waals surface area contributed by atoms with E-state index in [1.54, 1.807) is 0 Å². The lowest BCUT2D eigenvalue weighted by Crippen LogP contribution is -1.89. The van der Waals surface area contributed by atoms with Crippen molar-refractivity contribution < 1.29 is 0 Å². The van der Waals surface area contributed by atoms with E-state index >= 15 is 0 Å². The molecule has 0 bridgehead atoms. The van der Waals surface area contributed by atoms with E-state index in [0.717, 1.165) is 12.1 Å². The monoisotopic (exact) mass is 169 g/mol.